The van der Waals surface area contributed by atoms with Gasteiger partial charge in [-0.1, -0.05) is 0 Å². The van der Waals surface area contributed by atoms with Crippen LogP contribution in [0.3, 0.4) is 0 Å². The maximum Gasteiger partial charge on any atom is 0.240 e. The summed E-state index contributed by atoms with van der Waals surface area (Å²) in [6, 6.07) is 4.28. The Bertz CT molecular complexity index is 1000. The lowest BCUT2D eigenvalue weighted by Crippen LogP contribution is -2.32. The highest BCUT2D eigenvalue weighted by atomic mass is 32.2. The molecule has 3 N–H and O–H groups in total. The largest absolute Gasteiger partial charge is 0.493 e. The number of rotatable bonds is 11. The molecule has 0 aliphatic heterocycles. The van der Waals surface area contributed by atoms with E-state index >= 15 is 0 Å². The first-order valence-electron chi connectivity index (χ1n) is 8.94. The number of ether oxygens (including phenoxy) is 2. The van der Waals surface area contributed by atoms with Crippen molar-refractivity contribution in [3.8, 4) is 11.5 Å². The first kappa shape index (κ1) is 22.8. The van der Waals surface area contributed by atoms with E-state index in [0.29, 0.717) is 35.8 Å². The molecular weight excluding hydrogens is 418 g/mol. The van der Waals surface area contributed by atoms with Crippen molar-refractivity contribution in [1.82, 2.24) is 24.8 Å². The number of aromatic nitrogens is 3. The molecule has 10 nitrogen and oxygen atoms in total. The molecule has 1 heterocycles. The average molecular weight is 444 g/mol. The maximum absolute atomic E-state index is 12.4. The molecule has 0 aliphatic rings. The van der Waals surface area contributed by atoms with Crippen LogP contribution in [-0.2, 0) is 27.8 Å². The van der Waals surface area contributed by atoms with E-state index in [0.717, 1.165) is 5.82 Å². The highest BCUT2D eigenvalue weighted by Gasteiger charge is 2.17. The van der Waals surface area contributed by atoms with Gasteiger partial charge in [-0.3, -0.25) is 9.89 Å². The van der Waals surface area contributed by atoms with E-state index in [-0.39, 0.29) is 23.8 Å². The van der Waals surface area contributed by atoms with E-state index in [1.54, 1.807) is 0 Å². The van der Waals surface area contributed by atoms with Crippen molar-refractivity contribution < 1.29 is 22.7 Å². The number of nitrogens with one attached hydrogen (secondary N) is 3. The number of hydrogen-bond donors (Lipinski definition) is 3. The number of sulfonamides is 1. The predicted octanol–water partition coefficient (Wildman–Crippen LogP) is 1.01. The monoisotopic (exact) mass is 443 g/mol. The highest BCUT2D eigenvalue weighted by Crippen LogP contribution is 2.29. The Labute approximate surface area is 174 Å². The van der Waals surface area contributed by atoms with Crippen LogP contribution in [0.4, 0.5) is 0 Å². The Morgan fingerprint density at radius 3 is 2.62 bits per heavy atom. The average Bonchev–Trinajstić information content (AvgIpc) is 3.06. The lowest BCUT2D eigenvalue weighted by Gasteiger charge is -2.11. The van der Waals surface area contributed by atoms with Gasteiger partial charge in [0.05, 0.1) is 19.1 Å². The van der Waals surface area contributed by atoms with Gasteiger partial charge < -0.3 is 19.4 Å². The van der Waals surface area contributed by atoms with E-state index in [4.69, 9.17) is 21.7 Å². The summed E-state index contributed by atoms with van der Waals surface area (Å²) in [5.74, 6) is 1.22. The van der Waals surface area contributed by atoms with Gasteiger partial charge in [0.15, 0.2) is 16.3 Å². The summed E-state index contributed by atoms with van der Waals surface area (Å²) in [7, 11) is -0.890. The first-order valence-corrected chi connectivity index (χ1v) is 10.8. The van der Waals surface area contributed by atoms with Gasteiger partial charge in [0.2, 0.25) is 15.9 Å². The van der Waals surface area contributed by atoms with Gasteiger partial charge in [0.1, 0.15) is 5.82 Å². The van der Waals surface area contributed by atoms with E-state index in [1.807, 2.05) is 11.5 Å². The minimum absolute atomic E-state index is 0.00709. The van der Waals surface area contributed by atoms with Crippen LogP contribution in [0.2, 0.25) is 0 Å². The van der Waals surface area contributed by atoms with Crippen LogP contribution >= 0.6 is 12.2 Å². The van der Waals surface area contributed by atoms with Gasteiger partial charge in [-0.05, 0) is 31.3 Å². The number of nitrogens with zero attached hydrogens (tertiary/aromatic N) is 2. The third-order valence-corrected chi connectivity index (χ3v) is 5.90. The van der Waals surface area contributed by atoms with Crippen molar-refractivity contribution in [3.05, 3.63) is 28.8 Å². The van der Waals surface area contributed by atoms with Crippen LogP contribution in [0.1, 0.15) is 19.2 Å². The van der Waals surface area contributed by atoms with E-state index in [9.17, 15) is 13.2 Å². The van der Waals surface area contributed by atoms with Crippen LogP contribution < -0.4 is 19.5 Å². The minimum atomic E-state index is -3.78. The number of carbonyl (C=O) groups excluding carboxylic acids is 1. The quantitative estimate of drug-likeness (QED) is 0.442. The SMILES string of the molecule is CCn1c(CCNC(=O)CCNS(=O)(=O)c2ccc(OC)c(OC)c2)n[nH]c1=S. The van der Waals surface area contributed by atoms with E-state index < -0.39 is 10.0 Å². The molecule has 0 saturated heterocycles. The molecule has 2 rings (SSSR count). The molecule has 1 aromatic carbocycles. The third-order valence-electron chi connectivity index (χ3n) is 4.13. The standard InChI is InChI=1S/C17H25N5O5S2/c1-4-22-15(20-21-17(22)28)7-9-18-16(23)8-10-19-29(24,25)12-5-6-13(26-2)14(11-12)27-3/h5-6,11,19H,4,7-10H2,1-3H3,(H,18,23)(H,21,28). The van der Waals surface area contributed by atoms with Crippen molar-refractivity contribution in [2.75, 3.05) is 27.3 Å². The third kappa shape index (κ3) is 6.02. The second kappa shape index (κ2) is 10.4. The number of amides is 1. The summed E-state index contributed by atoms with van der Waals surface area (Å²) in [6.45, 7) is 2.99. The molecule has 1 amide bonds. The summed E-state index contributed by atoms with van der Waals surface area (Å²) in [5, 5.41) is 9.58. The molecule has 12 heteroatoms. The van der Waals surface area contributed by atoms with Crippen molar-refractivity contribution in [2.45, 2.75) is 31.2 Å². The molecular formula is C17H25N5O5S2. The number of hydrogen-bond acceptors (Lipinski definition) is 7. The Hall–Kier alpha value is -2.44. The lowest BCUT2D eigenvalue weighted by atomic mass is 10.3. The molecule has 0 aliphatic carbocycles. The first-order chi connectivity index (χ1) is 13.8. The molecule has 0 saturated carbocycles. The van der Waals surface area contributed by atoms with Crippen molar-refractivity contribution in [1.29, 1.82) is 0 Å². The van der Waals surface area contributed by atoms with Gasteiger partial charge in [-0.25, -0.2) is 13.1 Å². The van der Waals surface area contributed by atoms with Gasteiger partial charge in [0, 0.05) is 38.5 Å². The van der Waals surface area contributed by atoms with Gasteiger partial charge in [-0.2, -0.15) is 5.10 Å². The number of H-pyrrole nitrogens is 1. The Kier molecular flexibility index (Phi) is 8.17. The molecule has 160 valence electrons. The zero-order valence-corrected chi connectivity index (χ0v) is 18.2. The van der Waals surface area contributed by atoms with E-state index in [2.05, 4.69) is 20.2 Å². The summed E-state index contributed by atoms with van der Waals surface area (Å²) in [4.78, 5) is 12.0. The fourth-order valence-corrected chi connectivity index (χ4v) is 3.96. The number of aromatic amines is 1. The Morgan fingerprint density at radius 1 is 1.24 bits per heavy atom. The summed E-state index contributed by atoms with van der Waals surface area (Å²) < 4.78 is 39.8. The van der Waals surface area contributed by atoms with Crippen LogP contribution in [-0.4, -0.2) is 56.4 Å². The number of carbonyl (C=O) groups is 1. The Balaban J connectivity index is 1.82. The van der Waals surface area contributed by atoms with Crippen molar-refractivity contribution >= 4 is 28.1 Å². The molecule has 0 spiro atoms. The molecule has 29 heavy (non-hydrogen) atoms. The van der Waals surface area contributed by atoms with Gasteiger partial charge in [-0.15, -0.1) is 0 Å². The zero-order chi connectivity index (χ0) is 21.4. The molecule has 0 bridgehead atoms. The fraction of sp³-hybridized carbons (Fsp3) is 0.471. The van der Waals surface area contributed by atoms with Crippen LogP contribution in [0.25, 0.3) is 0 Å². The number of methoxy groups -OCH3 is 2. The molecule has 0 unspecified atom stereocenters. The molecule has 2 aromatic rings. The smallest absolute Gasteiger partial charge is 0.240 e. The van der Waals surface area contributed by atoms with Gasteiger partial charge in [0.25, 0.3) is 0 Å². The van der Waals surface area contributed by atoms with Crippen LogP contribution in [0.5, 0.6) is 11.5 Å². The van der Waals surface area contributed by atoms with Gasteiger partial charge >= 0.3 is 0 Å². The summed E-state index contributed by atoms with van der Waals surface area (Å²) >= 11 is 5.11. The zero-order valence-electron chi connectivity index (χ0n) is 16.5. The molecule has 0 atom stereocenters. The van der Waals surface area contributed by atoms with Crippen LogP contribution in [0.15, 0.2) is 23.1 Å². The van der Waals surface area contributed by atoms with Crippen LogP contribution in [0, 0.1) is 4.77 Å². The topological polar surface area (TPSA) is 127 Å². The van der Waals surface area contributed by atoms with E-state index in [1.165, 1.54) is 32.4 Å². The molecule has 1 aromatic heterocycles. The highest BCUT2D eigenvalue weighted by molar-refractivity contribution is 7.89. The summed E-state index contributed by atoms with van der Waals surface area (Å²) in [5.41, 5.74) is 0. The normalized spacial score (nSPS) is 11.3. The predicted molar refractivity (Wildman–Crippen MR) is 109 cm³/mol. The number of benzene rings is 1. The Morgan fingerprint density at radius 2 is 1.97 bits per heavy atom. The minimum Gasteiger partial charge on any atom is -0.493 e. The van der Waals surface area contributed by atoms with Crippen molar-refractivity contribution in [2.24, 2.45) is 0 Å². The second-order valence-corrected chi connectivity index (χ2v) is 8.11. The lowest BCUT2D eigenvalue weighted by molar-refractivity contribution is -0.120. The molecule has 0 radical (unpaired) electrons. The second-order valence-electron chi connectivity index (χ2n) is 5.95. The maximum atomic E-state index is 12.4. The summed E-state index contributed by atoms with van der Waals surface area (Å²) in [6.07, 6.45) is 0.525. The van der Waals surface area contributed by atoms with Crippen molar-refractivity contribution in [3.63, 3.8) is 0 Å². The molecule has 0 fully saturated rings. The fourth-order valence-electron chi connectivity index (χ4n) is 2.64.